The number of nitrogens with one attached hydrogen (secondary N) is 4. The number of carbonyl (C=O) groups is 4. The molecule has 1 unspecified atom stereocenters. The van der Waals surface area contributed by atoms with Crippen LogP contribution in [0.15, 0.2) is 67.0 Å². The standard InChI is InChI=1S/C38H40N8O10S/c39-23-25-1-8-32-31(21-25)35(42-24-41-32)44-27-4-2-26(3-5-27)40-11-12-43-57(51,52)20-19-55-16-15-53-13-14-54-17-18-56-28-6-7-29-30(22-28)38(50)46(37(29)49)33-9-10-34(47)45-36(33)48/h1-8,21-22,24,33,40,43H,9-20H2,(H,41,42,44)(H,45,47,48). The van der Waals surface area contributed by atoms with Crippen molar-refractivity contribution < 1.29 is 46.5 Å². The average molecular weight is 801 g/mol. The Balaban J connectivity index is 0.774. The molecule has 1 atom stereocenters. The topological polar surface area (TPSA) is 240 Å². The maximum absolute atomic E-state index is 13.0. The van der Waals surface area contributed by atoms with Crippen molar-refractivity contribution in [1.29, 1.82) is 5.26 Å². The first-order chi connectivity index (χ1) is 27.6. The summed E-state index contributed by atoms with van der Waals surface area (Å²) in [5.74, 6) is -1.58. The van der Waals surface area contributed by atoms with Crippen molar-refractivity contribution in [1.82, 2.24) is 24.9 Å². The van der Waals surface area contributed by atoms with E-state index in [1.165, 1.54) is 18.5 Å². The van der Waals surface area contributed by atoms with Crippen molar-refractivity contribution in [3.05, 3.63) is 83.7 Å². The molecule has 2 aliphatic heterocycles. The van der Waals surface area contributed by atoms with Crippen molar-refractivity contribution in [3.63, 3.8) is 0 Å². The van der Waals surface area contributed by atoms with Gasteiger partial charge in [-0.3, -0.25) is 29.4 Å². The molecule has 3 aromatic carbocycles. The molecular weight excluding hydrogens is 761 g/mol. The number of amides is 4. The molecule has 298 valence electrons. The lowest BCUT2D eigenvalue weighted by atomic mass is 10.0. The van der Waals surface area contributed by atoms with E-state index in [0.29, 0.717) is 23.7 Å². The second-order valence-corrected chi connectivity index (χ2v) is 14.7. The highest BCUT2D eigenvalue weighted by atomic mass is 32.2. The molecule has 4 N–H and O–H groups in total. The average Bonchev–Trinajstić information content (AvgIpc) is 3.45. The van der Waals surface area contributed by atoms with Crippen molar-refractivity contribution in [3.8, 4) is 11.8 Å². The van der Waals surface area contributed by atoms with Crippen LogP contribution >= 0.6 is 0 Å². The summed E-state index contributed by atoms with van der Waals surface area (Å²) in [4.78, 5) is 58.9. The highest BCUT2D eigenvalue weighted by Crippen LogP contribution is 2.30. The van der Waals surface area contributed by atoms with E-state index in [1.807, 2.05) is 24.3 Å². The molecule has 3 heterocycles. The number of nitriles is 1. The third-order valence-corrected chi connectivity index (χ3v) is 10.2. The number of sulfonamides is 1. The van der Waals surface area contributed by atoms with Gasteiger partial charge in [0.2, 0.25) is 21.8 Å². The Hall–Kier alpha value is -6.04. The molecule has 4 amide bonds. The van der Waals surface area contributed by atoms with E-state index in [-0.39, 0.29) is 82.5 Å². The van der Waals surface area contributed by atoms with Crippen LogP contribution in [-0.4, -0.2) is 118 Å². The van der Waals surface area contributed by atoms with Crippen molar-refractivity contribution in [2.45, 2.75) is 18.9 Å². The Morgan fingerprint density at radius 2 is 1.51 bits per heavy atom. The molecule has 6 rings (SSSR count). The van der Waals surface area contributed by atoms with Crippen molar-refractivity contribution >= 4 is 61.7 Å². The highest BCUT2D eigenvalue weighted by Gasteiger charge is 2.44. The van der Waals surface area contributed by atoms with Gasteiger partial charge in [-0.15, -0.1) is 0 Å². The van der Waals surface area contributed by atoms with Crippen LogP contribution in [0.2, 0.25) is 0 Å². The lowest BCUT2D eigenvalue weighted by Gasteiger charge is -2.27. The van der Waals surface area contributed by atoms with E-state index in [2.05, 4.69) is 36.7 Å². The van der Waals surface area contributed by atoms with E-state index in [4.69, 9.17) is 18.9 Å². The van der Waals surface area contributed by atoms with Crippen LogP contribution in [0.5, 0.6) is 5.75 Å². The number of piperidine rings is 1. The zero-order valence-electron chi connectivity index (χ0n) is 30.7. The summed E-state index contributed by atoms with van der Waals surface area (Å²) in [5.41, 5.74) is 3.10. The number of benzene rings is 3. The van der Waals surface area contributed by atoms with Gasteiger partial charge in [0, 0.05) is 36.3 Å². The minimum absolute atomic E-state index is 0.00523. The zero-order valence-corrected chi connectivity index (χ0v) is 31.5. The molecule has 1 fully saturated rings. The monoisotopic (exact) mass is 800 g/mol. The van der Waals surface area contributed by atoms with Gasteiger partial charge in [0.25, 0.3) is 11.8 Å². The smallest absolute Gasteiger partial charge is 0.262 e. The van der Waals surface area contributed by atoms with Crippen LogP contribution in [0.3, 0.4) is 0 Å². The first kappa shape index (κ1) is 40.6. The Morgan fingerprint density at radius 1 is 0.807 bits per heavy atom. The molecule has 0 bridgehead atoms. The number of hydrogen-bond donors (Lipinski definition) is 4. The maximum atomic E-state index is 13.0. The Labute approximate surface area is 327 Å². The van der Waals surface area contributed by atoms with Gasteiger partial charge >= 0.3 is 0 Å². The highest BCUT2D eigenvalue weighted by molar-refractivity contribution is 7.89. The maximum Gasteiger partial charge on any atom is 0.262 e. The zero-order chi connectivity index (χ0) is 40.2. The van der Waals surface area contributed by atoms with Crippen LogP contribution in [0.25, 0.3) is 10.9 Å². The summed E-state index contributed by atoms with van der Waals surface area (Å²) in [6.45, 7) is 1.97. The van der Waals surface area contributed by atoms with Crippen LogP contribution in [0.4, 0.5) is 17.2 Å². The third-order valence-electron chi connectivity index (χ3n) is 8.84. The first-order valence-corrected chi connectivity index (χ1v) is 19.7. The largest absolute Gasteiger partial charge is 0.491 e. The van der Waals surface area contributed by atoms with Gasteiger partial charge in [-0.05, 0) is 67.1 Å². The quantitative estimate of drug-likeness (QED) is 0.0697. The van der Waals surface area contributed by atoms with Gasteiger partial charge in [0.05, 0.1) is 73.7 Å². The minimum atomic E-state index is -3.54. The molecule has 0 spiro atoms. The molecule has 18 nitrogen and oxygen atoms in total. The Bertz CT molecular complexity index is 2270. The predicted octanol–water partition coefficient (Wildman–Crippen LogP) is 2.11. The van der Waals surface area contributed by atoms with Crippen LogP contribution in [-0.2, 0) is 33.8 Å². The number of aromatic nitrogens is 2. The molecule has 1 saturated heterocycles. The number of nitrogens with zero attached hydrogens (tertiary/aromatic N) is 4. The normalized spacial score (nSPS) is 15.4. The molecule has 1 aromatic heterocycles. The van der Waals surface area contributed by atoms with Gasteiger partial charge in [-0.25, -0.2) is 23.1 Å². The summed E-state index contributed by atoms with van der Waals surface area (Å²) in [6.07, 6.45) is 1.57. The summed E-state index contributed by atoms with van der Waals surface area (Å²) in [7, 11) is -3.54. The number of rotatable bonds is 21. The molecule has 0 radical (unpaired) electrons. The lowest BCUT2D eigenvalue weighted by molar-refractivity contribution is -0.136. The molecule has 4 aromatic rings. The lowest BCUT2D eigenvalue weighted by Crippen LogP contribution is -2.54. The fourth-order valence-corrected chi connectivity index (χ4v) is 6.88. The molecule has 0 saturated carbocycles. The van der Waals surface area contributed by atoms with Gasteiger partial charge in [0.15, 0.2) is 0 Å². The number of ether oxygens (including phenoxy) is 4. The summed E-state index contributed by atoms with van der Waals surface area (Å²) in [6, 6.07) is 18.2. The molecule has 2 aliphatic rings. The number of anilines is 3. The van der Waals surface area contributed by atoms with E-state index in [1.54, 1.807) is 24.3 Å². The number of imide groups is 2. The van der Waals surface area contributed by atoms with E-state index in [0.717, 1.165) is 27.2 Å². The van der Waals surface area contributed by atoms with Gasteiger partial charge in [0.1, 0.15) is 30.5 Å². The predicted molar refractivity (Wildman–Crippen MR) is 205 cm³/mol. The Kier molecular flexibility index (Phi) is 13.7. The second kappa shape index (κ2) is 19.2. The SMILES string of the molecule is N#Cc1ccc2ncnc(Nc3ccc(NCCNS(=O)(=O)CCOCCOCCOCCOc4ccc5c(c4)C(=O)N(C4CCC(=O)NC4=O)C5=O)cc3)c2c1. The molecule has 0 aliphatic carbocycles. The first-order valence-electron chi connectivity index (χ1n) is 18.1. The van der Waals surface area contributed by atoms with Gasteiger partial charge < -0.3 is 29.6 Å². The van der Waals surface area contributed by atoms with Gasteiger partial charge in [-0.1, -0.05) is 0 Å². The Morgan fingerprint density at radius 3 is 2.25 bits per heavy atom. The number of hydrogen-bond acceptors (Lipinski definition) is 15. The minimum Gasteiger partial charge on any atom is -0.491 e. The van der Waals surface area contributed by atoms with Crippen molar-refractivity contribution in [2.75, 3.05) is 75.7 Å². The third kappa shape index (κ3) is 10.8. The summed E-state index contributed by atoms with van der Waals surface area (Å²) < 4.78 is 49.2. The number of carbonyl (C=O) groups excluding carboxylic acids is 4. The fraction of sp³-hybridized carbons (Fsp3) is 0.342. The van der Waals surface area contributed by atoms with E-state index < -0.39 is 39.7 Å². The fourth-order valence-electron chi connectivity index (χ4n) is 5.99. The summed E-state index contributed by atoms with van der Waals surface area (Å²) >= 11 is 0. The van der Waals surface area contributed by atoms with E-state index >= 15 is 0 Å². The van der Waals surface area contributed by atoms with Crippen LogP contribution < -0.4 is 25.4 Å². The van der Waals surface area contributed by atoms with Crippen LogP contribution in [0, 0.1) is 11.3 Å². The van der Waals surface area contributed by atoms with Gasteiger partial charge in [-0.2, -0.15) is 5.26 Å². The molecular formula is C38H40N8O10S. The second-order valence-electron chi connectivity index (χ2n) is 12.7. The molecule has 57 heavy (non-hydrogen) atoms. The van der Waals surface area contributed by atoms with E-state index in [9.17, 15) is 32.9 Å². The number of fused-ring (bicyclic) bond motifs is 2. The van der Waals surface area contributed by atoms with Crippen LogP contribution in [0.1, 0.15) is 39.1 Å². The summed E-state index contributed by atoms with van der Waals surface area (Å²) in [5, 5.41) is 18.5. The van der Waals surface area contributed by atoms with Crippen molar-refractivity contribution in [2.24, 2.45) is 0 Å². The molecule has 19 heteroatoms.